The summed E-state index contributed by atoms with van der Waals surface area (Å²) in [5.41, 5.74) is -1.25. The van der Waals surface area contributed by atoms with Crippen molar-refractivity contribution < 1.29 is 28.8 Å². The standard InChI is InChI=1S/C24H16N2O7/c1-25(14-7-3-2-4-8-14)19(27)13-33-24(30)18-12-11-17-20(21(18)26(31)32)23(29)16-10-6-5-9-15(16)22(17)28/h2-12H,13H2,1H3. The van der Waals surface area contributed by atoms with Crippen molar-refractivity contribution in [2.45, 2.75) is 0 Å². The van der Waals surface area contributed by atoms with E-state index in [1.165, 1.54) is 36.2 Å². The summed E-state index contributed by atoms with van der Waals surface area (Å²) in [5.74, 6) is -3.00. The van der Waals surface area contributed by atoms with Gasteiger partial charge in [0.15, 0.2) is 12.4 Å². The van der Waals surface area contributed by atoms with Crippen molar-refractivity contribution in [3.05, 3.63) is 105 Å². The van der Waals surface area contributed by atoms with Crippen LogP contribution >= 0.6 is 0 Å². The molecule has 0 fully saturated rings. The van der Waals surface area contributed by atoms with E-state index in [9.17, 15) is 29.3 Å². The number of anilines is 1. The minimum absolute atomic E-state index is 0.0169. The summed E-state index contributed by atoms with van der Waals surface area (Å²) in [5, 5.41) is 11.9. The lowest BCUT2D eigenvalue weighted by atomic mass is 9.82. The molecule has 9 nitrogen and oxygen atoms in total. The zero-order chi connectivity index (χ0) is 23.7. The minimum Gasteiger partial charge on any atom is -0.452 e. The van der Waals surface area contributed by atoms with Crippen molar-refractivity contribution in [1.29, 1.82) is 0 Å². The van der Waals surface area contributed by atoms with E-state index in [0.717, 1.165) is 6.07 Å². The molecule has 0 atom stereocenters. The van der Waals surface area contributed by atoms with Gasteiger partial charge in [-0.15, -0.1) is 0 Å². The van der Waals surface area contributed by atoms with Crippen molar-refractivity contribution in [2.24, 2.45) is 0 Å². The van der Waals surface area contributed by atoms with Crippen molar-refractivity contribution in [3.63, 3.8) is 0 Å². The van der Waals surface area contributed by atoms with Crippen LogP contribution in [0.25, 0.3) is 0 Å². The first-order valence-corrected chi connectivity index (χ1v) is 9.79. The Balaban J connectivity index is 1.64. The van der Waals surface area contributed by atoms with Crippen LogP contribution in [0.4, 0.5) is 11.4 Å². The number of hydrogen-bond donors (Lipinski definition) is 0. The highest BCUT2D eigenvalue weighted by atomic mass is 16.6. The predicted octanol–water partition coefficient (Wildman–Crippen LogP) is 3.19. The van der Waals surface area contributed by atoms with Crippen molar-refractivity contribution in [3.8, 4) is 0 Å². The van der Waals surface area contributed by atoms with Gasteiger partial charge in [-0.3, -0.25) is 24.5 Å². The van der Waals surface area contributed by atoms with Crippen LogP contribution in [-0.2, 0) is 9.53 Å². The number of rotatable bonds is 5. The Labute approximate surface area is 187 Å². The third kappa shape index (κ3) is 3.76. The highest BCUT2D eigenvalue weighted by Gasteiger charge is 2.39. The van der Waals surface area contributed by atoms with Gasteiger partial charge >= 0.3 is 5.97 Å². The molecule has 4 rings (SSSR count). The van der Waals surface area contributed by atoms with Gasteiger partial charge in [-0.2, -0.15) is 0 Å². The number of nitro groups is 1. The van der Waals surface area contributed by atoms with Gasteiger partial charge in [-0.1, -0.05) is 42.5 Å². The number of benzene rings is 3. The number of ether oxygens (including phenoxy) is 1. The summed E-state index contributed by atoms with van der Waals surface area (Å²) in [6, 6.07) is 16.8. The summed E-state index contributed by atoms with van der Waals surface area (Å²) >= 11 is 0. The van der Waals surface area contributed by atoms with Gasteiger partial charge in [-0.05, 0) is 24.3 Å². The fourth-order valence-corrected chi connectivity index (χ4v) is 3.62. The molecule has 3 aromatic carbocycles. The molecule has 0 N–H and O–H groups in total. The van der Waals surface area contributed by atoms with Crippen LogP contribution in [0.15, 0.2) is 66.7 Å². The Bertz CT molecular complexity index is 1330. The Morgan fingerprint density at radius 1 is 0.879 bits per heavy atom. The highest BCUT2D eigenvalue weighted by molar-refractivity contribution is 6.30. The van der Waals surface area contributed by atoms with Crippen LogP contribution < -0.4 is 4.90 Å². The quantitative estimate of drug-likeness (QED) is 0.263. The van der Waals surface area contributed by atoms with Gasteiger partial charge in [-0.25, -0.2) is 4.79 Å². The summed E-state index contributed by atoms with van der Waals surface area (Å²) in [7, 11) is 1.49. The lowest BCUT2D eigenvalue weighted by Crippen LogP contribution is -2.31. The number of carbonyl (C=O) groups is 4. The number of hydrogen-bond acceptors (Lipinski definition) is 7. The molecule has 0 spiro atoms. The van der Waals surface area contributed by atoms with Crippen LogP contribution in [0.5, 0.6) is 0 Å². The Hall–Kier alpha value is -4.66. The lowest BCUT2D eigenvalue weighted by Gasteiger charge is -2.19. The van der Waals surface area contributed by atoms with E-state index in [-0.39, 0.29) is 16.7 Å². The second-order valence-corrected chi connectivity index (χ2v) is 7.21. The zero-order valence-electron chi connectivity index (χ0n) is 17.3. The van der Waals surface area contributed by atoms with Crippen molar-refractivity contribution >= 4 is 34.8 Å². The SMILES string of the molecule is CN(C(=O)COC(=O)c1ccc2c(c1[N+](=O)[O-])C(=O)c1ccccc1C2=O)c1ccccc1. The van der Waals surface area contributed by atoms with Gasteiger partial charge in [0.05, 0.1) is 4.92 Å². The molecule has 0 aliphatic heterocycles. The summed E-state index contributed by atoms with van der Waals surface area (Å²) in [4.78, 5) is 63.1. The third-order valence-electron chi connectivity index (χ3n) is 5.31. The summed E-state index contributed by atoms with van der Waals surface area (Å²) < 4.78 is 5.02. The molecule has 33 heavy (non-hydrogen) atoms. The van der Waals surface area contributed by atoms with E-state index < -0.39 is 51.8 Å². The average molecular weight is 444 g/mol. The lowest BCUT2D eigenvalue weighted by molar-refractivity contribution is -0.385. The molecule has 0 aromatic heterocycles. The first kappa shape index (κ1) is 21.6. The number of fused-ring (bicyclic) bond motifs is 2. The van der Waals surface area contributed by atoms with E-state index in [1.807, 2.05) is 0 Å². The van der Waals surface area contributed by atoms with Crippen LogP contribution in [0.3, 0.4) is 0 Å². The topological polar surface area (TPSA) is 124 Å². The third-order valence-corrected chi connectivity index (χ3v) is 5.31. The fraction of sp³-hybridized carbons (Fsp3) is 0.0833. The number of carbonyl (C=O) groups excluding carboxylic acids is 4. The van der Waals surface area contributed by atoms with Crippen LogP contribution in [-0.4, -0.2) is 42.0 Å². The Morgan fingerprint density at radius 2 is 1.48 bits per heavy atom. The first-order valence-electron chi connectivity index (χ1n) is 9.79. The maximum atomic E-state index is 13.0. The number of esters is 1. The number of amides is 1. The second kappa shape index (κ2) is 8.46. The molecule has 1 aliphatic carbocycles. The van der Waals surface area contributed by atoms with Crippen LogP contribution in [0, 0.1) is 10.1 Å². The maximum absolute atomic E-state index is 13.0. The average Bonchev–Trinajstić information content (AvgIpc) is 2.84. The van der Waals surface area contributed by atoms with Gasteiger partial charge in [0.25, 0.3) is 11.6 Å². The number of likely N-dealkylation sites (N-methyl/N-ethyl adjacent to an activating group) is 1. The summed E-state index contributed by atoms with van der Waals surface area (Å²) in [6.07, 6.45) is 0. The van der Waals surface area contributed by atoms with E-state index in [2.05, 4.69) is 0 Å². The molecule has 0 saturated carbocycles. The smallest absolute Gasteiger partial charge is 0.345 e. The van der Waals surface area contributed by atoms with Crippen molar-refractivity contribution in [2.75, 3.05) is 18.6 Å². The number of para-hydroxylation sites is 1. The van der Waals surface area contributed by atoms with Gasteiger partial charge in [0.1, 0.15) is 11.1 Å². The largest absolute Gasteiger partial charge is 0.452 e. The van der Waals surface area contributed by atoms with E-state index >= 15 is 0 Å². The molecular weight excluding hydrogens is 428 g/mol. The van der Waals surface area contributed by atoms with Crippen LogP contribution in [0.2, 0.25) is 0 Å². The molecule has 1 aliphatic rings. The number of nitrogens with zero attached hydrogens (tertiary/aromatic N) is 2. The molecule has 9 heteroatoms. The predicted molar refractivity (Wildman–Crippen MR) is 117 cm³/mol. The maximum Gasteiger partial charge on any atom is 0.345 e. The number of nitro benzene ring substituents is 1. The van der Waals surface area contributed by atoms with Gasteiger partial charge in [0.2, 0.25) is 5.78 Å². The Kier molecular flexibility index (Phi) is 5.53. The highest BCUT2D eigenvalue weighted by Crippen LogP contribution is 2.35. The minimum atomic E-state index is -1.15. The zero-order valence-corrected chi connectivity index (χ0v) is 17.3. The molecule has 1 amide bonds. The molecule has 0 heterocycles. The van der Waals surface area contributed by atoms with E-state index in [1.54, 1.807) is 36.4 Å². The first-order chi connectivity index (χ1) is 15.8. The molecule has 0 saturated heterocycles. The molecule has 0 bridgehead atoms. The van der Waals surface area contributed by atoms with E-state index in [4.69, 9.17) is 4.74 Å². The molecular formula is C24H16N2O7. The van der Waals surface area contributed by atoms with Crippen LogP contribution in [0.1, 0.15) is 42.2 Å². The molecule has 164 valence electrons. The normalized spacial score (nSPS) is 11.9. The monoisotopic (exact) mass is 444 g/mol. The molecule has 0 radical (unpaired) electrons. The van der Waals surface area contributed by atoms with E-state index in [0.29, 0.717) is 5.69 Å². The van der Waals surface area contributed by atoms with Gasteiger partial charge < -0.3 is 9.64 Å². The number of ketones is 2. The van der Waals surface area contributed by atoms with Crippen molar-refractivity contribution in [1.82, 2.24) is 0 Å². The molecule has 3 aromatic rings. The summed E-state index contributed by atoms with van der Waals surface area (Å²) in [6.45, 7) is -0.672. The molecule has 0 unspecified atom stereocenters. The fourth-order valence-electron chi connectivity index (χ4n) is 3.62. The Morgan fingerprint density at radius 3 is 2.12 bits per heavy atom. The second-order valence-electron chi connectivity index (χ2n) is 7.21. The van der Waals surface area contributed by atoms with Gasteiger partial charge in [0, 0.05) is 29.4 Å².